The molecule has 8 heteroatoms. The zero-order valence-corrected chi connectivity index (χ0v) is 27.7. The van der Waals surface area contributed by atoms with Crippen molar-refractivity contribution in [3.8, 4) is 0 Å². The van der Waals surface area contributed by atoms with Gasteiger partial charge in [0.25, 0.3) is 0 Å². The standard InChI is InChI=1S/C36H26Cl4NO2P/c1-21(25-13-11-23-7-3-5-9-27(23)15-25)41(22(2)26-14-12-24-8-4-6-10-28(24)16-26)44-42-35-31(17-29(37)19-33(35)39)32-18-30(38)20-34(40)36(32)43-44/h3-22H,1-2H3/t21-,22+. The molecule has 0 N–H and O–H groups in total. The van der Waals surface area contributed by atoms with Crippen LogP contribution in [-0.2, 0) is 0 Å². The molecule has 7 aromatic rings. The smallest absolute Gasteiger partial charge is 0.310 e. The minimum Gasteiger partial charge on any atom is -0.406 e. The van der Waals surface area contributed by atoms with Gasteiger partial charge in [-0.3, -0.25) is 0 Å². The Morgan fingerprint density at radius 2 is 0.932 bits per heavy atom. The fourth-order valence-corrected chi connectivity index (χ4v) is 8.77. The van der Waals surface area contributed by atoms with Crippen molar-refractivity contribution in [2.24, 2.45) is 0 Å². The van der Waals surface area contributed by atoms with Crippen LogP contribution in [0.15, 0.2) is 118 Å². The predicted octanol–water partition coefficient (Wildman–Crippen LogP) is 13.7. The second-order valence-corrected chi connectivity index (χ2v) is 13.9. The Morgan fingerprint density at radius 3 is 1.36 bits per heavy atom. The highest BCUT2D eigenvalue weighted by molar-refractivity contribution is 7.39. The fourth-order valence-electron chi connectivity index (χ4n) is 5.83. The molecule has 220 valence electrons. The first-order valence-electron chi connectivity index (χ1n) is 14.2. The average molecular weight is 677 g/mol. The quantitative estimate of drug-likeness (QED) is 0.182. The highest BCUT2D eigenvalue weighted by Gasteiger charge is 2.30. The SMILES string of the molecule is C[C@H](c1ccc2ccccc2c1)N([C@@H](C)c1ccc2ccccc2c1)p1oc2c(Cl)cc(Cl)cc2c2cc(Cl)cc(Cl)c2o1. The van der Waals surface area contributed by atoms with Crippen LogP contribution >= 0.6 is 54.6 Å². The van der Waals surface area contributed by atoms with E-state index in [-0.39, 0.29) is 12.1 Å². The van der Waals surface area contributed by atoms with Gasteiger partial charge in [-0.05, 0) is 82.9 Å². The molecule has 0 bridgehead atoms. The molecular weight excluding hydrogens is 651 g/mol. The van der Waals surface area contributed by atoms with Crippen LogP contribution in [-0.4, -0.2) is 0 Å². The molecule has 6 aromatic carbocycles. The van der Waals surface area contributed by atoms with E-state index in [1.54, 1.807) is 24.3 Å². The molecule has 1 heterocycles. The molecule has 0 aliphatic rings. The topological polar surface area (TPSA) is 29.5 Å². The molecule has 0 aliphatic heterocycles. The van der Waals surface area contributed by atoms with Crippen LogP contribution in [0.3, 0.4) is 0 Å². The van der Waals surface area contributed by atoms with Crippen LogP contribution in [0.4, 0.5) is 0 Å². The van der Waals surface area contributed by atoms with E-state index in [1.807, 2.05) is 0 Å². The highest BCUT2D eigenvalue weighted by Crippen LogP contribution is 2.49. The maximum absolute atomic E-state index is 6.82. The maximum Gasteiger partial charge on any atom is 0.310 e. The van der Waals surface area contributed by atoms with Gasteiger partial charge >= 0.3 is 8.16 Å². The van der Waals surface area contributed by atoms with E-state index in [1.165, 1.54) is 10.8 Å². The molecule has 0 amide bonds. The highest BCUT2D eigenvalue weighted by atomic mass is 35.5. The summed E-state index contributed by atoms with van der Waals surface area (Å²) in [6.45, 7) is 4.35. The van der Waals surface area contributed by atoms with Crippen LogP contribution in [0.1, 0.15) is 37.1 Å². The van der Waals surface area contributed by atoms with Crippen LogP contribution < -0.4 is 4.67 Å². The van der Waals surface area contributed by atoms with Crippen LogP contribution in [0.25, 0.3) is 43.5 Å². The predicted molar refractivity (Wildman–Crippen MR) is 189 cm³/mol. The monoisotopic (exact) mass is 675 g/mol. The lowest BCUT2D eigenvalue weighted by molar-refractivity contribution is 0.559. The maximum atomic E-state index is 6.82. The second kappa shape index (κ2) is 12.0. The molecule has 0 fully saturated rings. The third-order valence-corrected chi connectivity index (χ3v) is 10.9. The van der Waals surface area contributed by atoms with E-state index < -0.39 is 8.16 Å². The Bertz CT molecular complexity index is 2090. The molecule has 0 saturated carbocycles. The van der Waals surface area contributed by atoms with Gasteiger partial charge in [-0.1, -0.05) is 119 Å². The lowest BCUT2D eigenvalue weighted by Gasteiger charge is -2.32. The molecule has 1 aromatic heterocycles. The number of halogens is 4. The van der Waals surface area contributed by atoms with E-state index in [4.69, 9.17) is 54.8 Å². The Hall–Kier alpha value is -3.14. The largest absolute Gasteiger partial charge is 0.406 e. The molecule has 0 aliphatic carbocycles. The summed E-state index contributed by atoms with van der Waals surface area (Å²) in [5.74, 6) is 0. The van der Waals surface area contributed by atoms with Gasteiger partial charge in [-0.15, -0.1) is 0 Å². The third-order valence-electron chi connectivity index (χ3n) is 8.14. The van der Waals surface area contributed by atoms with E-state index in [2.05, 4.69) is 103 Å². The first-order chi connectivity index (χ1) is 21.3. The number of benzene rings is 6. The molecule has 0 saturated heterocycles. The first-order valence-corrected chi connectivity index (χ1v) is 16.8. The van der Waals surface area contributed by atoms with Gasteiger partial charge in [0.15, 0.2) is 11.2 Å². The summed E-state index contributed by atoms with van der Waals surface area (Å²) >= 11 is 26.6. The van der Waals surface area contributed by atoms with E-state index in [0.717, 1.165) is 21.9 Å². The van der Waals surface area contributed by atoms with Crippen molar-refractivity contribution >= 4 is 98.1 Å². The number of rotatable bonds is 5. The summed E-state index contributed by atoms with van der Waals surface area (Å²) in [6.07, 6.45) is 0. The number of fused-ring (bicyclic) bond motifs is 5. The second-order valence-electron chi connectivity index (χ2n) is 10.9. The minimum absolute atomic E-state index is 0.130. The molecule has 44 heavy (non-hydrogen) atoms. The lowest BCUT2D eigenvalue weighted by Crippen LogP contribution is -2.27. The average Bonchev–Trinajstić information content (AvgIpc) is 3.18. The Labute approximate surface area is 276 Å². The summed E-state index contributed by atoms with van der Waals surface area (Å²) in [5, 5.41) is 7.72. The van der Waals surface area contributed by atoms with E-state index in [9.17, 15) is 0 Å². The Balaban J connectivity index is 1.51. The summed E-state index contributed by atoms with van der Waals surface area (Å²) < 4.78 is 15.9. The van der Waals surface area contributed by atoms with Crippen LogP contribution in [0, 0.1) is 0 Å². The van der Waals surface area contributed by atoms with Crippen molar-refractivity contribution in [3.05, 3.63) is 140 Å². The Morgan fingerprint density at radius 1 is 0.523 bits per heavy atom. The van der Waals surface area contributed by atoms with Gasteiger partial charge in [-0.25, -0.2) is 0 Å². The van der Waals surface area contributed by atoms with Crippen molar-refractivity contribution in [1.29, 1.82) is 0 Å². The minimum atomic E-state index is -1.82. The summed E-state index contributed by atoms with van der Waals surface area (Å²) in [4.78, 5) is 0. The summed E-state index contributed by atoms with van der Waals surface area (Å²) in [7, 11) is -1.82. The van der Waals surface area contributed by atoms with Gasteiger partial charge in [-0.2, -0.15) is 4.67 Å². The summed E-state index contributed by atoms with van der Waals surface area (Å²) in [6, 6.07) is 36.5. The zero-order chi connectivity index (χ0) is 30.5. The van der Waals surface area contributed by atoms with Gasteiger partial charge in [0.05, 0.1) is 10.0 Å². The van der Waals surface area contributed by atoms with Crippen molar-refractivity contribution in [2.45, 2.75) is 25.9 Å². The van der Waals surface area contributed by atoms with Crippen molar-refractivity contribution in [2.75, 3.05) is 4.67 Å². The molecule has 7 rings (SSSR count). The van der Waals surface area contributed by atoms with Crippen molar-refractivity contribution in [3.63, 3.8) is 0 Å². The normalized spacial score (nSPS) is 13.2. The molecular formula is C36H26Cl4NO2P. The molecule has 0 spiro atoms. The van der Waals surface area contributed by atoms with Gasteiger partial charge in [0, 0.05) is 32.9 Å². The number of hydrogen-bond donors (Lipinski definition) is 0. The van der Waals surface area contributed by atoms with Crippen LogP contribution in [0.5, 0.6) is 0 Å². The Kier molecular flexibility index (Phi) is 8.05. The lowest BCUT2D eigenvalue weighted by atomic mass is 9.99. The van der Waals surface area contributed by atoms with Gasteiger partial charge < -0.3 is 8.39 Å². The van der Waals surface area contributed by atoms with E-state index >= 15 is 0 Å². The number of nitrogens with zero attached hydrogens (tertiary/aromatic N) is 1. The molecule has 0 unspecified atom stereocenters. The van der Waals surface area contributed by atoms with Crippen molar-refractivity contribution < 1.29 is 8.39 Å². The molecule has 0 radical (unpaired) electrons. The van der Waals surface area contributed by atoms with Gasteiger partial charge in [0.2, 0.25) is 0 Å². The van der Waals surface area contributed by atoms with E-state index in [0.29, 0.717) is 42.0 Å². The fraction of sp³-hybridized carbons (Fsp3) is 0.111. The zero-order valence-electron chi connectivity index (χ0n) is 23.8. The van der Waals surface area contributed by atoms with Crippen LogP contribution in [0.2, 0.25) is 20.1 Å². The van der Waals surface area contributed by atoms with Gasteiger partial charge in [0.1, 0.15) is 0 Å². The first kappa shape index (κ1) is 29.6. The summed E-state index contributed by atoms with van der Waals surface area (Å²) in [5.41, 5.74) is 3.20. The molecule has 2 atom stereocenters. The third kappa shape index (κ3) is 5.48. The molecule has 3 nitrogen and oxygen atoms in total. The van der Waals surface area contributed by atoms with Crippen molar-refractivity contribution in [1.82, 2.24) is 0 Å². The number of hydrogen-bond acceptors (Lipinski definition) is 3.